The summed E-state index contributed by atoms with van der Waals surface area (Å²) in [5, 5.41) is 0. The Balaban J connectivity index is 1.96. The van der Waals surface area contributed by atoms with E-state index in [-0.39, 0.29) is 0 Å². The molecule has 0 unspecified atom stereocenters. The number of benzene rings is 3. The average molecular weight is 442 g/mol. The third-order valence-corrected chi connectivity index (χ3v) is 5.53. The molecule has 4 aromatic rings. The van der Waals surface area contributed by atoms with E-state index in [1.165, 1.54) is 5.56 Å². The molecule has 3 nitrogen and oxygen atoms in total. The van der Waals surface area contributed by atoms with Gasteiger partial charge in [0.25, 0.3) is 0 Å². The van der Waals surface area contributed by atoms with Gasteiger partial charge in [0.05, 0.1) is 0 Å². The van der Waals surface area contributed by atoms with Crippen LogP contribution in [0.15, 0.2) is 83.3 Å². The number of aromatic nitrogens is 3. The Morgan fingerprint density at radius 1 is 0.690 bits per heavy atom. The molecule has 0 N–H and O–H groups in total. The second kappa shape index (κ2) is 8.50. The summed E-state index contributed by atoms with van der Waals surface area (Å²) in [4.78, 5) is 14.4. The van der Waals surface area contributed by atoms with Crippen molar-refractivity contribution in [3.8, 4) is 34.2 Å². The summed E-state index contributed by atoms with van der Waals surface area (Å²) in [6.07, 6.45) is 4.13. The Hall–Kier alpha value is -3.11. The molecule has 142 valence electrons. The van der Waals surface area contributed by atoms with Crippen molar-refractivity contribution < 1.29 is 0 Å². The second-order valence-electron chi connectivity index (χ2n) is 6.70. The molecule has 0 radical (unpaired) electrons. The molecule has 0 bridgehead atoms. The first-order valence-electron chi connectivity index (χ1n) is 9.46. The molecule has 29 heavy (non-hydrogen) atoms. The third-order valence-electron chi connectivity index (χ3n) is 4.67. The van der Waals surface area contributed by atoms with Crippen molar-refractivity contribution in [2.45, 2.75) is 13.8 Å². The van der Waals surface area contributed by atoms with E-state index in [1.807, 2.05) is 73.7 Å². The third kappa shape index (κ3) is 4.03. The topological polar surface area (TPSA) is 38.7 Å². The summed E-state index contributed by atoms with van der Waals surface area (Å²) >= 11 is 3.78. The lowest BCUT2D eigenvalue weighted by atomic mass is 10.0. The summed E-state index contributed by atoms with van der Waals surface area (Å²) in [5.74, 6) is 1.97. The zero-order valence-corrected chi connectivity index (χ0v) is 17.9. The summed E-state index contributed by atoms with van der Waals surface area (Å²) in [5.41, 5.74) is 5.20. The van der Waals surface area contributed by atoms with Gasteiger partial charge >= 0.3 is 0 Å². The van der Waals surface area contributed by atoms with E-state index in [2.05, 4.69) is 41.1 Å². The van der Waals surface area contributed by atoms with Crippen LogP contribution >= 0.6 is 15.9 Å². The normalized spacial score (nSPS) is 11.1. The predicted molar refractivity (Wildman–Crippen MR) is 123 cm³/mol. The van der Waals surface area contributed by atoms with Crippen LogP contribution < -0.4 is 0 Å². The van der Waals surface area contributed by atoms with Gasteiger partial charge in [-0.05, 0) is 47.0 Å². The second-order valence-corrected chi connectivity index (χ2v) is 7.49. The fourth-order valence-electron chi connectivity index (χ4n) is 3.16. The molecule has 0 aliphatic carbocycles. The molecular weight excluding hydrogens is 422 g/mol. The van der Waals surface area contributed by atoms with E-state index in [4.69, 9.17) is 15.0 Å². The van der Waals surface area contributed by atoms with E-state index in [1.54, 1.807) is 0 Å². The van der Waals surface area contributed by atoms with Crippen LogP contribution in [0.5, 0.6) is 0 Å². The Labute approximate surface area is 179 Å². The minimum atomic E-state index is 0.648. The predicted octanol–water partition coefficient (Wildman–Crippen LogP) is 6.98. The Kier molecular flexibility index (Phi) is 5.63. The van der Waals surface area contributed by atoms with Gasteiger partial charge in [-0.1, -0.05) is 78.9 Å². The smallest absolute Gasteiger partial charge is 0.165 e. The number of halogens is 1. The van der Waals surface area contributed by atoms with Crippen LogP contribution in [-0.2, 0) is 0 Å². The Morgan fingerprint density at radius 2 is 1.21 bits per heavy atom. The van der Waals surface area contributed by atoms with E-state index in [0.717, 1.165) is 26.7 Å². The highest BCUT2D eigenvalue weighted by Gasteiger charge is 2.15. The Morgan fingerprint density at radius 3 is 1.72 bits per heavy atom. The lowest BCUT2D eigenvalue weighted by Gasteiger charge is -2.12. The SMILES string of the molecule is C/C=C\c1c(C)ccc(-c2nc(-c3ccccc3)nc(-c3ccccc3)n2)c1Br. The van der Waals surface area contributed by atoms with Gasteiger partial charge in [-0.15, -0.1) is 0 Å². The molecule has 4 heteroatoms. The van der Waals surface area contributed by atoms with Gasteiger partial charge in [-0.25, -0.2) is 15.0 Å². The molecule has 0 spiro atoms. The highest BCUT2D eigenvalue weighted by atomic mass is 79.9. The molecule has 0 atom stereocenters. The molecule has 3 aromatic carbocycles. The van der Waals surface area contributed by atoms with E-state index < -0.39 is 0 Å². The monoisotopic (exact) mass is 441 g/mol. The van der Waals surface area contributed by atoms with Crippen molar-refractivity contribution in [2.75, 3.05) is 0 Å². The first kappa shape index (κ1) is 19.2. The largest absolute Gasteiger partial charge is 0.208 e. The fraction of sp³-hybridized carbons (Fsp3) is 0.0800. The van der Waals surface area contributed by atoms with Crippen molar-refractivity contribution in [2.24, 2.45) is 0 Å². The average Bonchev–Trinajstić information content (AvgIpc) is 2.77. The van der Waals surface area contributed by atoms with Crippen molar-refractivity contribution in [1.29, 1.82) is 0 Å². The number of hydrogen-bond donors (Lipinski definition) is 0. The number of rotatable bonds is 4. The maximum absolute atomic E-state index is 4.81. The van der Waals surface area contributed by atoms with Gasteiger partial charge in [0.1, 0.15) is 0 Å². The van der Waals surface area contributed by atoms with Gasteiger partial charge in [0.2, 0.25) is 0 Å². The van der Waals surface area contributed by atoms with Gasteiger partial charge in [0.15, 0.2) is 17.5 Å². The molecular formula is C25H20BrN3. The maximum Gasteiger partial charge on any atom is 0.165 e. The van der Waals surface area contributed by atoms with Gasteiger partial charge in [-0.3, -0.25) is 0 Å². The molecule has 0 fully saturated rings. The molecule has 1 heterocycles. The van der Waals surface area contributed by atoms with Crippen LogP contribution in [0.2, 0.25) is 0 Å². The quantitative estimate of drug-likeness (QED) is 0.342. The van der Waals surface area contributed by atoms with Crippen LogP contribution in [0, 0.1) is 6.92 Å². The summed E-state index contributed by atoms with van der Waals surface area (Å²) < 4.78 is 0.986. The zero-order chi connectivity index (χ0) is 20.2. The maximum atomic E-state index is 4.81. The van der Waals surface area contributed by atoms with Crippen LogP contribution in [0.25, 0.3) is 40.2 Å². The minimum Gasteiger partial charge on any atom is -0.208 e. The molecule has 0 aliphatic rings. The number of allylic oxidation sites excluding steroid dienone is 1. The van der Waals surface area contributed by atoms with Crippen molar-refractivity contribution in [3.63, 3.8) is 0 Å². The van der Waals surface area contributed by atoms with Gasteiger partial charge in [0, 0.05) is 21.2 Å². The zero-order valence-electron chi connectivity index (χ0n) is 16.3. The van der Waals surface area contributed by atoms with Crippen LogP contribution in [-0.4, -0.2) is 15.0 Å². The van der Waals surface area contributed by atoms with E-state index in [0.29, 0.717) is 17.5 Å². The highest BCUT2D eigenvalue weighted by molar-refractivity contribution is 9.10. The van der Waals surface area contributed by atoms with Crippen LogP contribution in [0.4, 0.5) is 0 Å². The summed E-state index contributed by atoms with van der Waals surface area (Å²) in [6, 6.07) is 24.2. The van der Waals surface area contributed by atoms with E-state index >= 15 is 0 Å². The van der Waals surface area contributed by atoms with Gasteiger partial charge < -0.3 is 0 Å². The molecule has 1 aromatic heterocycles. The molecule has 0 amide bonds. The molecule has 4 rings (SSSR count). The first-order chi connectivity index (χ1) is 14.2. The minimum absolute atomic E-state index is 0.648. The van der Waals surface area contributed by atoms with Crippen molar-refractivity contribution in [1.82, 2.24) is 15.0 Å². The summed E-state index contributed by atoms with van der Waals surface area (Å²) in [6.45, 7) is 4.12. The lowest BCUT2D eigenvalue weighted by molar-refractivity contribution is 1.07. The fourth-order valence-corrected chi connectivity index (χ4v) is 3.92. The van der Waals surface area contributed by atoms with Crippen LogP contribution in [0.3, 0.4) is 0 Å². The lowest BCUT2D eigenvalue weighted by Crippen LogP contribution is -2.01. The van der Waals surface area contributed by atoms with Crippen LogP contribution in [0.1, 0.15) is 18.1 Å². The van der Waals surface area contributed by atoms with E-state index in [9.17, 15) is 0 Å². The summed E-state index contributed by atoms with van der Waals surface area (Å²) in [7, 11) is 0. The molecule has 0 aliphatic heterocycles. The number of aryl methyl sites for hydroxylation is 1. The molecule has 0 saturated carbocycles. The Bertz CT molecular complexity index is 1110. The highest BCUT2D eigenvalue weighted by Crippen LogP contribution is 2.33. The number of hydrogen-bond acceptors (Lipinski definition) is 3. The van der Waals surface area contributed by atoms with Crippen molar-refractivity contribution >= 4 is 22.0 Å². The van der Waals surface area contributed by atoms with Gasteiger partial charge in [-0.2, -0.15) is 0 Å². The standard InChI is InChI=1S/C25H20BrN3/c1-3-10-20-17(2)15-16-21(22(20)26)25-28-23(18-11-6-4-7-12-18)27-24(29-25)19-13-8-5-9-14-19/h3-16H,1-2H3/b10-3-. The molecule has 0 saturated heterocycles. The number of nitrogens with zero attached hydrogens (tertiary/aromatic N) is 3. The van der Waals surface area contributed by atoms with Crippen molar-refractivity contribution in [3.05, 3.63) is 94.5 Å². The first-order valence-corrected chi connectivity index (χ1v) is 10.3.